The van der Waals surface area contributed by atoms with E-state index in [2.05, 4.69) is 13.0 Å². The molecule has 0 N–H and O–H groups in total. The SMILES string of the molecule is CCc1ccccc1N1CC(c2nc3ccccc3n2CC(=O)N(CC)c2ccccc2)CC1=O. The second-order valence-electron chi connectivity index (χ2n) is 8.91. The summed E-state index contributed by atoms with van der Waals surface area (Å²) in [6, 6.07) is 25.7. The van der Waals surface area contributed by atoms with Crippen molar-refractivity contribution in [1.82, 2.24) is 9.55 Å². The van der Waals surface area contributed by atoms with Crippen LogP contribution in [0.3, 0.4) is 0 Å². The molecule has 6 nitrogen and oxygen atoms in total. The average Bonchev–Trinajstić information content (AvgIpc) is 3.45. The highest BCUT2D eigenvalue weighted by Gasteiger charge is 2.36. The molecule has 6 heteroatoms. The van der Waals surface area contributed by atoms with Crippen LogP contribution in [-0.2, 0) is 22.6 Å². The largest absolute Gasteiger partial charge is 0.318 e. The van der Waals surface area contributed by atoms with Crippen LogP contribution in [0.1, 0.15) is 37.6 Å². The van der Waals surface area contributed by atoms with E-state index < -0.39 is 0 Å². The molecule has 5 rings (SSSR count). The molecular formula is C29H30N4O2. The zero-order valence-corrected chi connectivity index (χ0v) is 20.2. The van der Waals surface area contributed by atoms with Crippen LogP contribution in [0.25, 0.3) is 11.0 Å². The number of rotatable bonds is 7. The molecule has 4 aromatic rings. The standard InChI is InChI=1S/C29H30N4O2/c1-3-21-12-8-10-16-25(21)32-19-22(18-27(32)34)29-30-24-15-9-11-17-26(24)33(29)20-28(35)31(4-2)23-13-6-5-7-14-23/h5-17,22H,3-4,18-20H2,1-2H3. The van der Waals surface area contributed by atoms with Crippen LogP contribution in [-0.4, -0.2) is 34.5 Å². The van der Waals surface area contributed by atoms with Gasteiger partial charge < -0.3 is 14.4 Å². The zero-order chi connectivity index (χ0) is 24.4. The predicted octanol–water partition coefficient (Wildman–Crippen LogP) is 5.17. The summed E-state index contributed by atoms with van der Waals surface area (Å²) in [4.78, 5) is 35.2. The van der Waals surface area contributed by atoms with Crippen LogP contribution in [0.5, 0.6) is 0 Å². The lowest BCUT2D eigenvalue weighted by Crippen LogP contribution is -2.34. The van der Waals surface area contributed by atoms with Gasteiger partial charge in [-0.05, 0) is 49.2 Å². The van der Waals surface area contributed by atoms with Gasteiger partial charge in [0, 0.05) is 36.8 Å². The third kappa shape index (κ3) is 4.32. The van der Waals surface area contributed by atoms with Crippen LogP contribution >= 0.6 is 0 Å². The summed E-state index contributed by atoms with van der Waals surface area (Å²) in [5.74, 6) is 0.814. The van der Waals surface area contributed by atoms with Gasteiger partial charge in [0.05, 0.1) is 11.0 Å². The van der Waals surface area contributed by atoms with E-state index in [4.69, 9.17) is 4.98 Å². The van der Waals surface area contributed by atoms with Crippen LogP contribution in [0.4, 0.5) is 11.4 Å². The summed E-state index contributed by atoms with van der Waals surface area (Å²) in [6.45, 7) is 5.40. The van der Waals surface area contributed by atoms with Gasteiger partial charge in [0.25, 0.3) is 0 Å². The predicted molar refractivity (Wildman–Crippen MR) is 140 cm³/mol. The van der Waals surface area contributed by atoms with E-state index in [-0.39, 0.29) is 24.3 Å². The van der Waals surface area contributed by atoms with Crippen molar-refractivity contribution < 1.29 is 9.59 Å². The first-order chi connectivity index (χ1) is 17.1. The molecule has 0 aliphatic carbocycles. The highest BCUT2D eigenvalue weighted by atomic mass is 16.2. The van der Waals surface area contributed by atoms with E-state index in [1.165, 1.54) is 0 Å². The fraction of sp³-hybridized carbons (Fsp3) is 0.276. The molecule has 0 saturated carbocycles. The van der Waals surface area contributed by atoms with Crippen LogP contribution in [0.2, 0.25) is 0 Å². The molecule has 0 radical (unpaired) electrons. The Labute approximate surface area is 205 Å². The van der Waals surface area contributed by atoms with Crippen LogP contribution in [0.15, 0.2) is 78.9 Å². The van der Waals surface area contributed by atoms with Crippen molar-refractivity contribution in [1.29, 1.82) is 0 Å². The Morgan fingerprint density at radius 1 is 0.971 bits per heavy atom. The lowest BCUT2D eigenvalue weighted by atomic mass is 10.1. The Morgan fingerprint density at radius 3 is 2.46 bits per heavy atom. The minimum absolute atomic E-state index is 0.000566. The monoisotopic (exact) mass is 466 g/mol. The molecule has 3 aromatic carbocycles. The summed E-state index contributed by atoms with van der Waals surface area (Å²) in [6.07, 6.45) is 1.25. The fourth-order valence-corrected chi connectivity index (χ4v) is 5.09. The smallest absolute Gasteiger partial charge is 0.246 e. The molecule has 1 aliphatic rings. The maximum atomic E-state index is 13.5. The lowest BCUT2D eigenvalue weighted by Gasteiger charge is -2.23. The molecule has 1 saturated heterocycles. The molecule has 0 spiro atoms. The molecule has 1 aliphatic heterocycles. The van der Waals surface area contributed by atoms with Crippen molar-refractivity contribution in [2.75, 3.05) is 22.9 Å². The zero-order valence-electron chi connectivity index (χ0n) is 20.2. The maximum Gasteiger partial charge on any atom is 0.246 e. The topological polar surface area (TPSA) is 58.4 Å². The molecule has 2 heterocycles. The summed E-state index contributed by atoms with van der Waals surface area (Å²) >= 11 is 0. The Morgan fingerprint density at radius 2 is 1.69 bits per heavy atom. The minimum Gasteiger partial charge on any atom is -0.318 e. The third-order valence-electron chi connectivity index (χ3n) is 6.82. The Hall–Kier alpha value is -3.93. The molecule has 0 bridgehead atoms. The summed E-state index contributed by atoms with van der Waals surface area (Å²) in [7, 11) is 0. The van der Waals surface area contributed by atoms with Gasteiger partial charge in [0.1, 0.15) is 12.4 Å². The van der Waals surface area contributed by atoms with Gasteiger partial charge in [-0.1, -0.05) is 55.5 Å². The van der Waals surface area contributed by atoms with Gasteiger partial charge in [-0.3, -0.25) is 9.59 Å². The quantitative estimate of drug-likeness (QED) is 0.377. The first-order valence-corrected chi connectivity index (χ1v) is 12.3. The van der Waals surface area contributed by atoms with Gasteiger partial charge >= 0.3 is 0 Å². The van der Waals surface area contributed by atoms with Gasteiger partial charge in [-0.2, -0.15) is 0 Å². The Kier molecular flexibility index (Phi) is 6.36. The molecule has 178 valence electrons. The molecule has 1 unspecified atom stereocenters. The number of aryl methyl sites for hydroxylation is 1. The highest BCUT2D eigenvalue weighted by molar-refractivity contribution is 5.97. The van der Waals surface area contributed by atoms with E-state index in [9.17, 15) is 9.59 Å². The van der Waals surface area contributed by atoms with Crippen molar-refractivity contribution in [3.05, 3.63) is 90.3 Å². The molecule has 35 heavy (non-hydrogen) atoms. The summed E-state index contributed by atoms with van der Waals surface area (Å²) < 4.78 is 2.01. The first kappa shape index (κ1) is 22.8. The maximum absolute atomic E-state index is 13.5. The minimum atomic E-state index is -0.0839. The van der Waals surface area contributed by atoms with Gasteiger partial charge in [-0.15, -0.1) is 0 Å². The number of imidazole rings is 1. The number of benzene rings is 3. The van der Waals surface area contributed by atoms with E-state index >= 15 is 0 Å². The number of para-hydroxylation sites is 4. The van der Waals surface area contributed by atoms with Crippen molar-refractivity contribution in [2.45, 2.75) is 39.2 Å². The number of likely N-dealkylation sites (N-methyl/N-ethyl adjacent to an activating group) is 1. The van der Waals surface area contributed by atoms with Crippen molar-refractivity contribution in [3.8, 4) is 0 Å². The number of hydrogen-bond donors (Lipinski definition) is 0. The van der Waals surface area contributed by atoms with E-state index in [1.54, 1.807) is 4.90 Å². The number of anilines is 2. The number of fused-ring (bicyclic) bond motifs is 1. The first-order valence-electron chi connectivity index (χ1n) is 12.3. The van der Waals surface area contributed by atoms with Crippen LogP contribution < -0.4 is 9.80 Å². The lowest BCUT2D eigenvalue weighted by molar-refractivity contribution is -0.119. The van der Waals surface area contributed by atoms with Gasteiger partial charge in [0.2, 0.25) is 11.8 Å². The Balaban J connectivity index is 1.49. The fourth-order valence-electron chi connectivity index (χ4n) is 5.09. The second-order valence-corrected chi connectivity index (χ2v) is 8.91. The normalized spacial score (nSPS) is 15.7. The van der Waals surface area contributed by atoms with E-state index in [0.29, 0.717) is 19.5 Å². The van der Waals surface area contributed by atoms with Gasteiger partial charge in [0.15, 0.2) is 0 Å². The number of amides is 2. The molecule has 1 aromatic heterocycles. The number of aromatic nitrogens is 2. The van der Waals surface area contributed by atoms with E-state index in [0.717, 1.165) is 40.2 Å². The number of carbonyl (C=O) groups excluding carboxylic acids is 2. The summed E-state index contributed by atoms with van der Waals surface area (Å²) in [5, 5.41) is 0. The number of nitrogens with zero attached hydrogens (tertiary/aromatic N) is 4. The van der Waals surface area contributed by atoms with Gasteiger partial charge in [-0.25, -0.2) is 4.98 Å². The number of hydrogen-bond acceptors (Lipinski definition) is 3. The second kappa shape index (κ2) is 9.74. The number of carbonyl (C=O) groups is 2. The molecule has 2 amide bonds. The molecular weight excluding hydrogens is 436 g/mol. The van der Waals surface area contributed by atoms with Crippen molar-refractivity contribution >= 4 is 34.2 Å². The third-order valence-corrected chi connectivity index (χ3v) is 6.82. The van der Waals surface area contributed by atoms with Crippen molar-refractivity contribution in [2.24, 2.45) is 0 Å². The Bertz CT molecular complexity index is 1360. The molecule has 1 atom stereocenters. The highest BCUT2D eigenvalue weighted by Crippen LogP contribution is 2.35. The van der Waals surface area contributed by atoms with Crippen LogP contribution in [0, 0.1) is 0 Å². The average molecular weight is 467 g/mol. The van der Waals surface area contributed by atoms with E-state index in [1.807, 2.05) is 89.2 Å². The summed E-state index contributed by atoms with van der Waals surface area (Å²) in [5.41, 5.74) is 4.77. The molecule has 1 fully saturated rings. The van der Waals surface area contributed by atoms with Crippen molar-refractivity contribution in [3.63, 3.8) is 0 Å².